The molecule has 1 aromatic carbocycles. The summed E-state index contributed by atoms with van der Waals surface area (Å²) >= 11 is 6.12. The zero-order valence-corrected chi connectivity index (χ0v) is 10.8. The Kier molecular flexibility index (Phi) is 3.09. The third-order valence-corrected chi connectivity index (χ3v) is 3.47. The Morgan fingerprint density at radius 1 is 1.32 bits per heavy atom. The van der Waals surface area contributed by atoms with Crippen molar-refractivity contribution in [3.05, 3.63) is 58.5 Å². The molecule has 19 heavy (non-hydrogen) atoms. The zero-order chi connectivity index (χ0) is 13.2. The first-order valence-corrected chi connectivity index (χ1v) is 6.30. The van der Waals surface area contributed by atoms with Gasteiger partial charge in [0, 0.05) is 10.6 Å². The van der Waals surface area contributed by atoms with Crippen molar-refractivity contribution in [2.75, 3.05) is 0 Å². The summed E-state index contributed by atoms with van der Waals surface area (Å²) in [7, 11) is 0. The molecule has 1 heterocycles. The quantitative estimate of drug-likeness (QED) is 0.856. The molecule has 0 bridgehead atoms. The third-order valence-electron chi connectivity index (χ3n) is 3.12. The normalized spacial score (nSPS) is 15.5. The summed E-state index contributed by atoms with van der Waals surface area (Å²) in [6, 6.07) is 7.32. The lowest BCUT2D eigenvalue weighted by atomic mass is 10.1. The number of benzene rings is 1. The first-order chi connectivity index (χ1) is 9.25. The fourth-order valence-electron chi connectivity index (χ4n) is 2.15. The molecule has 1 aliphatic carbocycles. The molecule has 4 nitrogen and oxygen atoms in total. The van der Waals surface area contributed by atoms with E-state index in [9.17, 15) is 4.79 Å². The number of nitrogens with one attached hydrogen (secondary N) is 1. The molecule has 1 N–H and O–H groups in total. The molecule has 3 rings (SSSR count). The number of hydrazone groups is 1. The molecule has 1 amide bonds. The van der Waals surface area contributed by atoms with Crippen LogP contribution in [0.3, 0.4) is 0 Å². The smallest absolute Gasteiger partial charge is 0.274 e. The van der Waals surface area contributed by atoms with Gasteiger partial charge in [-0.25, -0.2) is 5.43 Å². The van der Waals surface area contributed by atoms with Crippen LogP contribution in [-0.4, -0.2) is 11.6 Å². The van der Waals surface area contributed by atoms with Crippen molar-refractivity contribution in [3.8, 4) is 0 Å². The maximum absolute atomic E-state index is 11.7. The Balaban J connectivity index is 1.80. The molecule has 0 saturated carbocycles. The molecule has 1 aromatic heterocycles. The third kappa shape index (κ3) is 2.27. The van der Waals surface area contributed by atoms with E-state index in [2.05, 4.69) is 10.5 Å². The van der Waals surface area contributed by atoms with Gasteiger partial charge in [0.15, 0.2) is 0 Å². The maximum Gasteiger partial charge on any atom is 0.274 e. The largest absolute Gasteiger partial charge is 0.472 e. The lowest BCUT2D eigenvalue weighted by molar-refractivity contribution is 0.0954. The number of hydrogen-bond acceptors (Lipinski definition) is 3. The van der Waals surface area contributed by atoms with E-state index in [0.717, 1.165) is 34.7 Å². The van der Waals surface area contributed by atoms with Crippen molar-refractivity contribution in [2.24, 2.45) is 5.10 Å². The van der Waals surface area contributed by atoms with Crippen LogP contribution in [0.4, 0.5) is 0 Å². The van der Waals surface area contributed by atoms with Crippen LogP contribution in [0.15, 0.2) is 46.3 Å². The second-order valence-corrected chi connectivity index (χ2v) is 4.68. The highest BCUT2D eigenvalue weighted by Crippen LogP contribution is 2.28. The summed E-state index contributed by atoms with van der Waals surface area (Å²) in [4.78, 5) is 11.7. The molecule has 5 heteroatoms. The fraction of sp³-hybridized carbons (Fsp3) is 0.143. The molecule has 0 radical (unpaired) electrons. The van der Waals surface area contributed by atoms with E-state index in [-0.39, 0.29) is 5.91 Å². The number of halogens is 1. The van der Waals surface area contributed by atoms with Gasteiger partial charge >= 0.3 is 0 Å². The molecule has 1 aliphatic rings. The van der Waals surface area contributed by atoms with Crippen LogP contribution in [0.2, 0.25) is 5.02 Å². The zero-order valence-electron chi connectivity index (χ0n) is 10.0. The van der Waals surface area contributed by atoms with Crippen molar-refractivity contribution in [1.29, 1.82) is 0 Å². The van der Waals surface area contributed by atoms with Gasteiger partial charge in [0.1, 0.15) is 6.26 Å². The van der Waals surface area contributed by atoms with E-state index in [0.29, 0.717) is 5.56 Å². The SMILES string of the molecule is O=C(NN=C1CCc2c(Cl)cccc21)c1ccoc1. The highest BCUT2D eigenvalue weighted by Gasteiger charge is 2.20. The van der Waals surface area contributed by atoms with Gasteiger partial charge in [0.05, 0.1) is 17.5 Å². The molecule has 96 valence electrons. The van der Waals surface area contributed by atoms with Gasteiger partial charge in [0.25, 0.3) is 5.91 Å². The fourth-order valence-corrected chi connectivity index (χ4v) is 2.42. The minimum atomic E-state index is -0.281. The van der Waals surface area contributed by atoms with E-state index in [1.165, 1.54) is 12.5 Å². The van der Waals surface area contributed by atoms with E-state index in [1.807, 2.05) is 18.2 Å². The van der Waals surface area contributed by atoms with E-state index >= 15 is 0 Å². The summed E-state index contributed by atoms with van der Waals surface area (Å²) in [5.74, 6) is -0.281. The van der Waals surface area contributed by atoms with Crippen LogP contribution >= 0.6 is 11.6 Å². The predicted molar refractivity (Wildman–Crippen MR) is 72.5 cm³/mol. The summed E-state index contributed by atoms with van der Waals surface area (Å²) in [5.41, 5.74) is 5.95. The highest BCUT2D eigenvalue weighted by atomic mass is 35.5. The van der Waals surface area contributed by atoms with Gasteiger partial charge in [-0.05, 0) is 30.5 Å². The van der Waals surface area contributed by atoms with Gasteiger partial charge in [-0.3, -0.25) is 4.79 Å². The van der Waals surface area contributed by atoms with Crippen LogP contribution in [0.5, 0.6) is 0 Å². The first-order valence-electron chi connectivity index (χ1n) is 5.92. The second-order valence-electron chi connectivity index (χ2n) is 4.28. The Morgan fingerprint density at radius 2 is 2.21 bits per heavy atom. The van der Waals surface area contributed by atoms with Crippen LogP contribution in [0.25, 0.3) is 0 Å². The number of carbonyl (C=O) groups excluding carboxylic acids is 1. The Hall–Kier alpha value is -2.07. The standard InChI is InChI=1S/C14H11ClN2O2/c15-12-3-1-2-11-10(12)4-5-13(11)16-17-14(18)9-6-7-19-8-9/h1-3,6-8H,4-5H2,(H,17,18). The summed E-state index contributed by atoms with van der Waals surface area (Å²) < 4.78 is 4.85. The summed E-state index contributed by atoms with van der Waals surface area (Å²) in [6.45, 7) is 0. The number of furan rings is 1. The average Bonchev–Trinajstić information content (AvgIpc) is 3.06. The minimum Gasteiger partial charge on any atom is -0.472 e. The Bertz CT molecular complexity index is 647. The molecule has 0 spiro atoms. The van der Waals surface area contributed by atoms with Gasteiger partial charge in [-0.1, -0.05) is 23.7 Å². The van der Waals surface area contributed by atoms with Crippen LogP contribution in [0, 0.1) is 0 Å². The van der Waals surface area contributed by atoms with Crippen molar-refractivity contribution >= 4 is 23.2 Å². The van der Waals surface area contributed by atoms with Gasteiger partial charge in [0.2, 0.25) is 0 Å². The summed E-state index contributed by atoms with van der Waals surface area (Å²) in [6.07, 6.45) is 4.47. The molecular weight excluding hydrogens is 264 g/mol. The molecule has 2 aromatic rings. The molecule has 0 unspecified atom stereocenters. The predicted octanol–water partition coefficient (Wildman–Crippen LogP) is 3.01. The average molecular weight is 275 g/mol. The lowest BCUT2D eigenvalue weighted by Gasteiger charge is -2.02. The molecule has 0 saturated heterocycles. The number of rotatable bonds is 2. The minimum absolute atomic E-state index is 0.281. The van der Waals surface area contributed by atoms with Crippen LogP contribution in [-0.2, 0) is 6.42 Å². The van der Waals surface area contributed by atoms with Gasteiger partial charge in [-0.15, -0.1) is 0 Å². The Morgan fingerprint density at radius 3 is 3.00 bits per heavy atom. The van der Waals surface area contributed by atoms with Crippen LogP contribution in [0.1, 0.15) is 27.9 Å². The van der Waals surface area contributed by atoms with Gasteiger partial charge < -0.3 is 4.42 Å². The number of amides is 1. The number of carbonyl (C=O) groups is 1. The van der Waals surface area contributed by atoms with Crippen molar-refractivity contribution in [2.45, 2.75) is 12.8 Å². The monoisotopic (exact) mass is 274 g/mol. The molecule has 0 fully saturated rings. The van der Waals surface area contributed by atoms with Crippen molar-refractivity contribution in [3.63, 3.8) is 0 Å². The first kappa shape index (κ1) is 12.0. The lowest BCUT2D eigenvalue weighted by Crippen LogP contribution is -2.18. The van der Waals surface area contributed by atoms with Crippen molar-refractivity contribution in [1.82, 2.24) is 5.43 Å². The topological polar surface area (TPSA) is 54.6 Å². The van der Waals surface area contributed by atoms with E-state index in [1.54, 1.807) is 6.07 Å². The number of fused-ring (bicyclic) bond motifs is 1. The van der Waals surface area contributed by atoms with Crippen LogP contribution < -0.4 is 5.43 Å². The highest BCUT2D eigenvalue weighted by molar-refractivity contribution is 6.32. The van der Waals surface area contributed by atoms with Gasteiger partial charge in [-0.2, -0.15) is 5.10 Å². The summed E-state index contributed by atoms with van der Waals surface area (Å²) in [5, 5.41) is 4.93. The Labute approximate surface area is 115 Å². The van der Waals surface area contributed by atoms with E-state index in [4.69, 9.17) is 16.0 Å². The molecular formula is C14H11ClN2O2. The molecule has 0 atom stereocenters. The molecule has 0 aliphatic heterocycles. The number of hydrogen-bond donors (Lipinski definition) is 1. The second kappa shape index (κ2) is 4.90. The van der Waals surface area contributed by atoms with E-state index < -0.39 is 0 Å². The number of nitrogens with zero attached hydrogens (tertiary/aromatic N) is 1. The maximum atomic E-state index is 11.7. The van der Waals surface area contributed by atoms with Crippen molar-refractivity contribution < 1.29 is 9.21 Å².